The highest BCUT2D eigenvalue weighted by Gasteiger charge is 2.39. The average molecular weight is 477 g/mol. The lowest BCUT2D eigenvalue weighted by Crippen LogP contribution is -2.52. The number of imide groups is 1. The quantitative estimate of drug-likeness (QED) is 0.658. The summed E-state index contributed by atoms with van der Waals surface area (Å²) in [6.45, 7) is 2.58. The lowest BCUT2D eigenvalue weighted by atomic mass is 9.98. The SMILES string of the molecule is O=C1CCC(N2Cc3cc(OC4CCCCC4)ccc3C2=O)C(=O)N1.c1ccc(C2CNC2)nc1. The summed E-state index contributed by atoms with van der Waals surface area (Å²) in [6.07, 6.45) is 8.62. The maximum atomic E-state index is 12.6. The molecule has 1 aromatic heterocycles. The molecule has 1 saturated carbocycles. The monoisotopic (exact) mass is 476 g/mol. The van der Waals surface area contributed by atoms with Crippen LogP contribution in [0.4, 0.5) is 0 Å². The fourth-order valence-electron chi connectivity index (χ4n) is 5.11. The molecule has 0 spiro atoms. The zero-order valence-electron chi connectivity index (χ0n) is 19.9. The number of benzene rings is 1. The van der Waals surface area contributed by atoms with Gasteiger partial charge in [-0.1, -0.05) is 12.5 Å². The van der Waals surface area contributed by atoms with E-state index < -0.39 is 6.04 Å². The first-order valence-corrected chi connectivity index (χ1v) is 12.6. The molecule has 8 heteroatoms. The molecule has 1 aliphatic carbocycles. The van der Waals surface area contributed by atoms with Crippen molar-refractivity contribution in [2.75, 3.05) is 13.1 Å². The zero-order chi connectivity index (χ0) is 24.2. The summed E-state index contributed by atoms with van der Waals surface area (Å²) in [5, 5.41) is 5.54. The van der Waals surface area contributed by atoms with Crippen molar-refractivity contribution >= 4 is 17.7 Å². The molecule has 4 aliphatic rings. The number of nitrogens with zero attached hydrogens (tertiary/aromatic N) is 2. The largest absolute Gasteiger partial charge is 0.490 e. The number of nitrogens with one attached hydrogen (secondary N) is 2. The van der Waals surface area contributed by atoms with Gasteiger partial charge in [0.15, 0.2) is 0 Å². The van der Waals surface area contributed by atoms with Crippen molar-refractivity contribution in [2.24, 2.45) is 0 Å². The predicted octanol–water partition coefficient (Wildman–Crippen LogP) is 2.93. The number of pyridine rings is 1. The molecule has 1 atom stereocenters. The first kappa shape index (κ1) is 23.5. The maximum Gasteiger partial charge on any atom is 0.255 e. The van der Waals surface area contributed by atoms with Gasteiger partial charge < -0.3 is 15.0 Å². The van der Waals surface area contributed by atoms with E-state index in [1.807, 2.05) is 30.5 Å². The molecule has 35 heavy (non-hydrogen) atoms. The van der Waals surface area contributed by atoms with Crippen molar-refractivity contribution in [1.29, 1.82) is 0 Å². The standard InChI is InChI=1S/C19H22N2O4.C8H10N2/c22-17-9-8-16(18(23)20-17)21-11-12-10-14(6-7-15(12)19(21)24)25-13-4-2-1-3-5-13;1-2-4-10-8(3-1)7-5-9-6-7/h6-7,10,13,16H,1-5,8-9,11H2,(H,20,22,23);1-4,7,9H,5-6H2. The molecule has 3 fully saturated rings. The summed E-state index contributed by atoms with van der Waals surface area (Å²) < 4.78 is 6.08. The number of carbonyl (C=O) groups is 3. The van der Waals surface area contributed by atoms with Crippen LogP contribution in [0.5, 0.6) is 5.75 Å². The first-order chi connectivity index (χ1) is 17.1. The molecular weight excluding hydrogens is 444 g/mol. The Hall–Kier alpha value is -3.26. The number of aromatic nitrogens is 1. The number of fused-ring (bicyclic) bond motifs is 1. The summed E-state index contributed by atoms with van der Waals surface area (Å²) >= 11 is 0. The van der Waals surface area contributed by atoms with Gasteiger partial charge in [-0.25, -0.2) is 0 Å². The number of carbonyl (C=O) groups excluding carboxylic acids is 3. The number of hydrogen-bond donors (Lipinski definition) is 2. The molecule has 1 unspecified atom stereocenters. The Morgan fingerprint density at radius 2 is 1.80 bits per heavy atom. The summed E-state index contributed by atoms with van der Waals surface area (Å²) in [5.41, 5.74) is 2.74. The van der Waals surface area contributed by atoms with Crippen LogP contribution in [0.3, 0.4) is 0 Å². The molecule has 3 aliphatic heterocycles. The van der Waals surface area contributed by atoms with Crippen LogP contribution in [0.2, 0.25) is 0 Å². The van der Waals surface area contributed by atoms with Gasteiger partial charge in [0.25, 0.3) is 5.91 Å². The van der Waals surface area contributed by atoms with E-state index in [0.29, 0.717) is 24.4 Å². The van der Waals surface area contributed by atoms with Gasteiger partial charge in [0, 0.05) is 49.4 Å². The number of hydrogen-bond acceptors (Lipinski definition) is 6. The van der Waals surface area contributed by atoms with Crippen molar-refractivity contribution in [3.8, 4) is 5.75 Å². The second-order valence-corrected chi connectivity index (χ2v) is 9.71. The third-order valence-corrected chi connectivity index (χ3v) is 7.24. The molecular formula is C27H32N4O4. The lowest BCUT2D eigenvalue weighted by molar-refractivity contribution is -0.136. The summed E-state index contributed by atoms with van der Waals surface area (Å²) in [5.74, 6) is 0.670. The molecule has 3 amide bonds. The van der Waals surface area contributed by atoms with Crippen LogP contribution in [0, 0.1) is 0 Å². The predicted molar refractivity (Wildman–Crippen MR) is 130 cm³/mol. The minimum Gasteiger partial charge on any atom is -0.490 e. The highest BCUT2D eigenvalue weighted by molar-refractivity contribution is 6.05. The van der Waals surface area contributed by atoms with Crippen LogP contribution in [-0.2, 0) is 16.1 Å². The fourth-order valence-corrected chi connectivity index (χ4v) is 5.11. The topological polar surface area (TPSA) is 101 Å². The summed E-state index contributed by atoms with van der Waals surface area (Å²) in [6, 6.07) is 11.1. The van der Waals surface area contributed by atoms with Gasteiger partial charge in [0.05, 0.1) is 6.10 Å². The highest BCUT2D eigenvalue weighted by Crippen LogP contribution is 2.31. The lowest BCUT2D eigenvalue weighted by Gasteiger charge is -2.29. The van der Waals surface area contributed by atoms with Crippen LogP contribution < -0.4 is 15.4 Å². The van der Waals surface area contributed by atoms with Gasteiger partial charge in [0.2, 0.25) is 11.8 Å². The third kappa shape index (κ3) is 5.37. The van der Waals surface area contributed by atoms with Crippen LogP contribution in [0.15, 0.2) is 42.6 Å². The first-order valence-electron chi connectivity index (χ1n) is 12.6. The van der Waals surface area contributed by atoms with Crippen molar-refractivity contribution < 1.29 is 19.1 Å². The van der Waals surface area contributed by atoms with Gasteiger partial charge in [-0.15, -0.1) is 0 Å². The average Bonchev–Trinajstić information content (AvgIpc) is 3.15. The van der Waals surface area contributed by atoms with Crippen molar-refractivity contribution in [3.63, 3.8) is 0 Å². The summed E-state index contributed by atoms with van der Waals surface area (Å²) in [7, 11) is 0. The van der Waals surface area contributed by atoms with E-state index in [-0.39, 0.29) is 30.2 Å². The Labute approximate surface area is 205 Å². The van der Waals surface area contributed by atoms with Gasteiger partial charge in [-0.2, -0.15) is 0 Å². The van der Waals surface area contributed by atoms with E-state index in [4.69, 9.17) is 4.74 Å². The Morgan fingerprint density at radius 3 is 2.49 bits per heavy atom. The number of ether oxygens (including phenoxy) is 1. The molecule has 8 nitrogen and oxygen atoms in total. The van der Waals surface area contributed by atoms with E-state index in [9.17, 15) is 14.4 Å². The van der Waals surface area contributed by atoms with Crippen LogP contribution in [0.25, 0.3) is 0 Å². The molecule has 0 bridgehead atoms. The van der Waals surface area contributed by atoms with E-state index in [2.05, 4.69) is 21.7 Å². The molecule has 4 heterocycles. The summed E-state index contributed by atoms with van der Waals surface area (Å²) in [4.78, 5) is 41.9. The second kappa shape index (κ2) is 10.6. The number of amides is 3. The smallest absolute Gasteiger partial charge is 0.255 e. The fraction of sp³-hybridized carbons (Fsp3) is 0.481. The zero-order valence-corrected chi connectivity index (χ0v) is 19.9. The Balaban J connectivity index is 0.000000211. The van der Waals surface area contributed by atoms with Gasteiger partial charge in [-0.3, -0.25) is 24.7 Å². The molecule has 184 valence electrons. The van der Waals surface area contributed by atoms with E-state index in [1.165, 1.54) is 25.0 Å². The van der Waals surface area contributed by atoms with Crippen molar-refractivity contribution in [1.82, 2.24) is 20.5 Å². The maximum absolute atomic E-state index is 12.6. The van der Waals surface area contributed by atoms with Crippen molar-refractivity contribution in [2.45, 2.75) is 69.6 Å². The Kier molecular flexibility index (Phi) is 7.08. The Bertz CT molecular complexity index is 1080. The van der Waals surface area contributed by atoms with E-state index in [1.54, 1.807) is 11.0 Å². The third-order valence-electron chi connectivity index (χ3n) is 7.24. The molecule has 0 radical (unpaired) electrons. The second-order valence-electron chi connectivity index (χ2n) is 9.71. The van der Waals surface area contributed by atoms with Crippen LogP contribution in [0.1, 0.15) is 72.5 Å². The van der Waals surface area contributed by atoms with Gasteiger partial charge >= 0.3 is 0 Å². The number of rotatable bonds is 4. The van der Waals surface area contributed by atoms with Gasteiger partial charge in [0.1, 0.15) is 11.8 Å². The van der Waals surface area contributed by atoms with E-state index >= 15 is 0 Å². The van der Waals surface area contributed by atoms with Gasteiger partial charge in [-0.05, 0) is 68.0 Å². The Morgan fingerprint density at radius 1 is 0.971 bits per heavy atom. The molecule has 1 aromatic carbocycles. The van der Waals surface area contributed by atoms with Crippen LogP contribution in [-0.4, -0.2) is 52.8 Å². The van der Waals surface area contributed by atoms with E-state index in [0.717, 1.165) is 37.2 Å². The minimum atomic E-state index is -0.569. The van der Waals surface area contributed by atoms with Crippen LogP contribution >= 0.6 is 0 Å². The normalized spacial score (nSPS) is 22.6. The molecule has 2 saturated heterocycles. The molecule has 2 aromatic rings. The number of piperidine rings is 1. The molecule has 2 N–H and O–H groups in total. The van der Waals surface area contributed by atoms with Crippen molar-refractivity contribution in [3.05, 3.63) is 59.4 Å². The highest BCUT2D eigenvalue weighted by atomic mass is 16.5. The molecule has 6 rings (SSSR count). The minimum absolute atomic E-state index is 0.145.